The van der Waals surface area contributed by atoms with Gasteiger partial charge in [-0.3, -0.25) is 4.79 Å². The van der Waals surface area contributed by atoms with Crippen molar-refractivity contribution in [1.29, 1.82) is 0 Å². The molecule has 1 aliphatic rings. The molecule has 0 aliphatic carbocycles. The zero-order valence-corrected chi connectivity index (χ0v) is 10.8. The summed E-state index contributed by atoms with van der Waals surface area (Å²) in [5, 5.41) is 4.99. The van der Waals surface area contributed by atoms with Crippen LogP contribution in [0, 0.1) is 29.2 Å². The number of benzene rings is 1. The van der Waals surface area contributed by atoms with Crippen LogP contribution in [0.5, 0.6) is 0 Å². The minimum atomic E-state index is -1.60. The minimum absolute atomic E-state index is 0.101. The van der Waals surface area contributed by atoms with E-state index in [1.807, 2.05) is 12.2 Å². The lowest BCUT2D eigenvalue weighted by atomic mass is 9.94. The predicted octanol–water partition coefficient (Wildman–Crippen LogP) is 2.57. The SMILES string of the molecule is CC1CCC(C(=O)Nc2c(F)c(F)cc(F)c2F)CN1. The quantitative estimate of drug-likeness (QED) is 0.649. The molecule has 0 radical (unpaired) electrons. The van der Waals surface area contributed by atoms with Crippen molar-refractivity contribution in [2.24, 2.45) is 5.92 Å². The van der Waals surface area contributed by atoms with Gasteiger partial charge in [-0.2, -0.15) is 0 Å². The average Bonchev–Trinajstić information content (AvgIpc) is 2.42. The molecule has 110 valence electrons. The Morgan fingerprint density at radius 2 is 1.80 bits per heavy atom. The van der Waals surface area contributed by atoms with E-state index in [1.165, 1.54) is 0 Å². The third-order valence-electron chi connectivity index (χ3n) is 3.39. The summed E-state index contributed by atoms with van der Waals surface area (Å²) < 4.78 is 52.9. The summed E-state index contributed by atoms with van der Waals surface area (Å²) in [4.78, 5) is 11.9. The fourth-order valence-corrected chi connectivity index (χ4v) is 2.13. The van der Waals surface area contributed by atoms with E-state index in [9.17, 15) is 22.4 Å². The van der Waals surface area contributed by atoms with E-state index in [1.54, 1.807) is 0 Å². The van der Waals surface area contributed by atoms with E-state index in [0.29, 0.717) is 13.0 Å². The molecule has 1 amide bonds. The summed E-state index contributed by atoms with van der Waals surface area (Å²) in [6.07, 6.45) is 1.28. The highest BCUT2D eigenvalue weighted by Gasteiger charge is 2.27. The monoisotopic (exact) mass is 290 g/mol. The second kappa shape index (κ2) is 5.78. The number of carbonyl (C=O) groups is 1. The first-order valence-corrected chi connectivity index (χ1v) is 6.27. The van der Waals surface area contributed by atoms with E-state index in [4.69, 9.17) is 0 Å². The van der Waals surface area contributed by atoms with Gasteiger partial charge < -0.3 is 10.6 Å². The van der Waals surface area contributed by atoms with Gasteiger partial charge in [0.05, 0.1) is 5.92 Å². The molecule has 1 aromatic carbocycles. The van der Waals surface area contributed by atoms with Crippen LogP contribution in [0.2, 0.25) is 0 Å². The Bertz CT molecular complexity index is 501. The predicted molar refractivity (Wildman–Crippen MR) is 65.1 cm³/mol. The Morgan fingerprint density at radius 3 is 2.30 bits per heavy atom. The molecule has 0 saturated carbocycles. The molecule has 2 atom stereocenters. The highest BCUT2D eigenvalue weighted by Crippen LogP contribution is 2.25. The Morgan fingerprint density at radius 1 is 1.20 bits per heavy atom. The van der Waals surface area contributed by atoms with Gasteiger partial charge in [-0.05, 0) is 19.8 Å². The first-order valence-electron chi connectivity index (χ1n) is 6.27. The molecule has 2 N–H and O–H groups in total. The number of amides is 1. The van der Waals surface area contributed by atoms with Crippen molar-refractivity contribution in [2.45, 2.75) is 25.8 Å². The van der Waals surface area contributed by atoms with E-state index in [0.717, 1.165) is 6.42 Å². The summed E-state index contributed by atoms with van der Waals surface area (Å²) in [6.45, 7) is 2.31. The van der Waals surface area contributed by atoms with Crippen molar-refractivity contribution in [3.05, 3.63) is 29.3 Å². The Hall–Kier alpha value is -1.63. The number of anilines is 1. The van der Waals surface area contributed by atoms with Gasteiger partial charge in [0.2, 0.25) is 5.91 Å². The van der Waals surface area contributed by atoms with Crippen molar-refractivity contribution in [1.82, 2.24) is 5.32 Å². The molecular formula is C13H14F4N2O. The fourth-order valence-electron chi connectivity index (χ4n) is 2.13. The summed E-state index contributed by atoms with van der Waals surface area (Å²) >= 11 is 0. The average molecular weight is 290 g/mol. The normalized spacial score (nSPS) is 22.6. The van der Waals surface area contributed by atoms with Crippen LogP contribution in [0.3, 0.4) is 0 Å². The number of halogens is 4. The maximum absolute atomic E-state index is 13.4. The lowest BCUT2D eigenvalue weighted by molar-refractivity contribution is -0.120. The van der Waals surface area contributed by atoms with Gasteiger partial charge >= 0.3 is 0 Å². The Labute approximate surface area is 113 Å². The van der Waals surface area contributed by atoms with Gasteiger partial charge in [-0.1, -0.05) is 0 Å². The Kier molecular flexibility index (Phi) is 4.27. The highest BCUT2D eigenvalue weighted by atomic mass is 19.2. The van der Waals surface area contributed by atoms with Crippen LogP contribution in [0.1, 0.15) is 19.8 Å². The zero-order valence-electron chi connectivity index (χ0n) is 10.8. The van der Waals surface area contributed by atoms with E-state index < -0.39 is 40.8 Å². The van der Waals surface area contributed by atoms with Crippen LogP contribution in [0.4, 0.5) is 23.2 Å². The second-order valence-electron chi connectivity index (χ2n) is 4.92. The standard InChI is InChI=1S/C13H14F4N2O/c1-6-2-3-7(5-18-6)13(20)19-12-10(16)8(14)4-9(15)11(12)17/h4,6-7,18H,2-3,5H2,1H3,(H,19,20). The lowest BCUT2D eigenvalue weighted by Crippen LogP contribution is -2.42. The maximum atomic E-state index is 13.4. The minimum Gasteiger partial charge on any atom is -0.321 e. The molecule has 20 heavy (non-hydrogen) atoms. The van der Waals surface area contributed by atoms with Crippen molar-refractivity contribution in [3.8, 4) is 0 Å². The van der Waals surface area contributed by atoms with Gasteiger partial charge in [-0.15, -0.1) is 0 Å². The van der Waals surface area contributed by atoms with Crippen LogP contribution in [-0.4, -0.2) is 18.5 Å². The van der Waals surface area contributed by atoms with Crippen LogP contribution in [-0.2, 0) is 4.79 Å². The first kappa shape index (κ1) is 14.8. The topological polar surface area (TPSA) is 41.1 Å². The van der Waals surface area contributed by atoms with Crippen molar-refractivity contribution in [2.75, 3.05) is 11.9 Å². The zero-order chi connectivity index (χ0) is 14.9. The Balaban J connectivity index is 2.16. The molecular weight excluding hydrogens is 276 g/mol. The number of nitrogens with one attached hydrogen (secondary N) is 2. The molecule has 2 rings (SSSR count). The number of carbonyl (C=O) groups excluding carboxylic acids is 1. The fraction of sp³-hybridized carbons (Fsp3) is 0.462. The molecule has 2 unspecified atom stereocenters. The van der Waals surface area contributed by atoms with E-state index in [2.05, 4.69) is 5.32 Å². The second-order valence-corrected chi connectivity index (χ2v) is 4.92. The van der Waals surface area contributed by atoms with E-state index >= 15 is 0 Å². The van der Waals surface area contributed by atoms with Crippen LogP contribution < -0.4 is 10.6 Å². The summed E-state index contributed by atoms with van der Waals surface area (Å²) in [7, 11) is 0. The smallest absolute Gasteiger partial charge is 0.228 e. The number of hydrogen-bond acceptors (Lipinski definition) is 2. The van der Waals surface area contributed by atoms with Crippen molar-refractivity contribution in [3.63, 3.8) is 0 Å². The molecule has 1 aromatic rings. The molecule has 1 heterocycles. The molecule has 0 aromatic heterocycles. The van der Waals surface area contributed by atoms with Crippen LogP contribution in [0.25, 0.3) is 0 Å². The largest absolute Gasteiger partial charge is 0.321 e. The maximum Gasteiger partial charge on any atom is 0.228 e. The number of piperidine rings is 1. The lowest BCUT2D eigenvalue weighted by Gasteiger charge is -2.26. The third-order valence-corrected chi connectivity index (χ3v) is 3.39. The summed E-state index contributed by atoms with van der Waals surface area (Å²) in [6, 6.07) is 0.364. The van der Waals surface area contributed by atoms with Crippen LogP contribution >= 0.6 is 0 Å². The summed E-state index contributed by atoms with van der Waals surface area (Å²) in [5.41, 5.74) is -1.08. The number of rotatable bonds is 2. The van der Waals surface area contributed by atoms with Gasteiger partial charge in [0.15, 0.2) is 23.3 Å². The molecule has 0 spiro atoms. The molecule has 1 saturated heterocycles. The van der Waals surface area contributed by atoms with Crippen molar-refractivity contribution < 1.29 is 22.4 Å². The molecule has 3 nitrogen and oxygen atoms in total. The number of hydrogen-bond donors (Lipinski definition) is 2. The first-order chi connectivity index (χ1) is 9.40. The molecule has 0 bridgehead atoms. The summed E-state index contributed by atoms with van der Waals surface area (Å²) in [5.74, 6) is -7.45. The van der Waals surface area contributed by atoms with Crippen molar-refractivity contribution >= 4 is 11.6 Å². The van der Waals surface area contributed by atoms with E-state index in [-0.39, 0.29) is 12.1 Å². The van der Waals surface area contributed by atoms with Gasteiger partial charge in [0.25, 0.3) is 0 Å². The van der Waals surface area contributed by atoms with Crippen LogP contribution in [0.15, 0.2) is 6.07 Å². The van der Waals surface area contributed by atoms with Gasteiger partial charge in [-0.25, -0.2) is 17.6 Å². The molecule has 1 fully saturated rings. The van der Waals surface area contributed by atoms with Gasteiger partial charge in [0, 0.05) is 18.7 Å². The highest BCUT2D eigenvalue weighted by molar-refractivity contribution is 5.93. The molecule has 7 heteroatoms. The molecule has 1 aliphatic heterocycles. The third kappa shape index (κ3) is 2.92. The van der Waals surface area contributed by atoms with Gasteiger partial charge in [0.1, 0.15) is 5.69 Å².